The number of amides is 2. The molecular weight excluding hydrogens is 550 g/mol. The molecule has 3 aromatic carbocycles. The minimum atomic E-state index is -4.14. The summed E-state index contributed by atoms with van der Waals surface area (Å²) in [4.78, 5) is 29.1. The third kappa shape index (κ3) is 7.70. The highest BCUT2D eigenvalue weighted by atomic mass is 32.2. The Kier molecular flexibility index (Phi) is 10.3. The lowest BCUT2D eigenvalue weighted by atomic mass is 9.95. The van der Waals surface area contributed by atoms with Gasteiger partial charge in [0.05, 0.1) is 17.7 Å². The van der Waals surface area contributed by atoms with E-state index in [0.717, 1.165) is 53.1 Å². The summed E-state index contributed by atoms with van der Waals surface area (Å²) in [7, 11) is -2.63. The van der Waals surface area contributed by atoms with Crippen LogP contribution in [0.3, 0.4) is 0 Å². The number of anilines is 1. The van der Waals surface area contributed by atoms with Crippen LogP contribution < -0.4 is 14.4 Å². The van der Waals surface area contributed by atoms with Crippen LogP contribution in [0.4, 0.5) is 5.69 Å². The summed E-state index contributed by atoms with van der Waals surface area (Å²) in [5.74, 6) is -0.183. The standard InChI is InChI=1S/C33H41N3O5S/c1-24-13-15-29(16-14-24)36(42(39,40)31-19-17-30(41-4)18-20-31)23-32(37)35(22-27-10-8-9-25(2)21-27)26(3)33(38)34-28-11-6-5-7-12-28/h8-10,13-21,26,28H,5-7,11-12,22-23H2,1-4H3,(H,34,38)/t26-/m0/s1. The lowest BCUT2D eigenvalue weighted by Crippen LogP contribution is -2.53. The van der Waals surface area contributed by atoms with Gasteiger partial charge in [-0.25, -0.2) is 8.42 Å². The van der Waals surface area contributed by atoms with Crippen LogP contribution in [0.25, 0.3) is 0 Å². The summed E-state index contributed by atoms with van der Waals surface area (Å²) < 4.78 is 34.3. The Bertz CT molecular complexity index is 1470. The van der Waals surface area contributed by atoms with Gasteiger partial charge in [-0.15, -0.1) is 0 Å². The van der Waals surface area contributed by atoms with Crippen molar-refractivity contribution in [2.75, 3.05) is 18.0 Å². The van der Waals surface area contributed by atoms with E-state index in [0.29, 0.717) is 11.4 Å². The number of nitrogens with one attached hydrogen (secondary N) is 1. The molecule has 1 fully saturated rings. The first-order valence-corrected chi connectivity index (χ1v) is 15.9. The molecule has 1 aliphatic carbocycles. The SMILES string of the molecule is COc1ccc(S(=O)(=O)N(CC(=O)N(Cc2cccc(C)c2)[C@@H](C)C(=O)NC2CCCCC2)c2ccc(C)cc2)cc1. The van der Waals surface area contributed by atoms with Crippen molar-refractivity contribution in [3.8, 4) is 5.75 Å². The van der Waals surface area contributed by atoms with Crippen LogP contribution in [0.5, 0.6) is 5.75 Å². The van der Waals surface area contributed by atoms with Gasteiger partial charge in [-0.3, -0.25) is 13.9 Å². The maximum absolute atomic E-state index is 14.1. The lowest BCUT2D eigenvalue weighted by Gasteiger charge is -2.33. The average Bonchev–Trinajstić information content (AvgIpc) is 2.99. The molecule has 4 rings (SSSR count). The van der Waals surface area contributed by atoms with Crippen LogP contribution in [0, 0.1) is 13.8 Å². The van der Waals surface area contributed by atoms with Crippen LogP contribution in [-0.4, -0.2) is 50.9 Å². The summed E-state index contributed by atoms with van der Waals surface area (Å²) >= 11 is 0. The molecule has 1 N–H and O–H groups in total. The summed E-state index contributed by atoms with van der Waals surface area (Å²) in [6.45, 7) is 5.29. The smallest absolute Gasteiger partial charge is 0.264 e. The quantitative estimate of drug-likeness (QED) is 0.323. The van der Waals surface area contributed by atoms with Gasteiger partial charge in [0.15, 0.2) is 0 Å². The van der Waals surface area contributed by atoms with E-state index in [1.807, 2.05) is 38.1 Å². The largest absolute Gasteiger partial charge is 0.497 e. The van der Waals surface area contributed by atoms with E-state index in [4.69, 9.17) is 4.74 Å². The third-order valence-corrected chi connectivity index (χ3v) is 9.59. The first kappa shape index (κ1) is 31.1. The molecule has 0 radical (unpaired) electrons. The molecule has 1 aliphatic rings. The first-order valence-electron chi connectivity index (χ1n) is 14.5. The predicted molar refractivity (Wildman–Crippen MR) is 165 cm³/mol. The lowest BCUT2D eigenvalue weighted by molar-refractivity contribution is -0.139. The molecule has 224 valence electrons. The summed E-state index contributed by atoms with van der Waals surface area (Å²) in [6, 6.07) is 20.1. The zero-order chi connectivity index (χ0) is 30.3. The molecule has 9 heteroatoms. The van der Waals surface area contributed by atoms with Gasteiger partial charge in [0.25, 0.3) is 10.0 Å². The van der Waals surface area contributed by atoms with Crippen LogP contribution in [0.1, 0.15) is 55.7 Å². The van der Waals surface area contributed by atoms with E-state index in [1.54, 1.807) is 43.3 Å². The van der Waals surface area contributed by atoms with Crippen molar-refractivity contribution in [2.24, 2.45) is 0 Å². The fraction of sp³-hybridized carbons (Fsp3) is 0.394. The number of rotatable bonds is 11. The van der Waals surface area contributed by atoms with Crippen LogP contribution >= 0.6 is 0 Å². The second-order valence-electron chi connectivity index (χ2n) is 11.1. The van der Waals surface area contributed by atoms with Crippen molar-refractivity contribution in [2.45, 2.75) is 76.4 Å². The molecule has 1 saturated carbocycles. The van der Waals surface area contributed by atoms with Gasteiger partial charge in [0.2, 0.25) is 11.8 Å². The van der Waals surface area contributed by atoms with Gasteiger partial charge in [-0.05, 0) is 75.6 Å². The number of sulfonamides is 1. The molecule has 8 nitrogen and oxygen atoms in total. The Labute approximate surface area is 249 Å². The maximum atomic E-state index is 14.1. The number of benzene rings is 3. The molecule has 0 unspecified atom stereocenters. The molecule has 0 aliphatic heterocycles. The molecule has 0 spiro atoms. The van der Waals surface area contributed by atoms with Gasteiger partial charge in [0, 0.05) is 12.6 Å². The Hall–Kier alpha value is -3.85. The second kappa shape index (κ2) is 13.9. The number of hydrogen-bond acceptors (Lipinski definition) is 5. The minimum Gasteiger partial charge on any atom is -0.497 e. The summed E-state index contributed by atoms with van der Waals surface area (Å²) in [5.41, 5.74) is 3.21. The summed E-state index contributed by atoms with van der Waals surface area (Å²) in [6.07, 6.45) is 5.15. The van der Waals surface area contributed by atoms with Gasteiger partial charge >= 0.3 is 0 Å². The van der Waals surface area contributed by atoms with Crippen molar-refractivity contribution in [3.63, 3.8) is 0 Å². The van der Waals surface area contributed by atoms with E-state index in [9.17, 15) is 18.0 Å². The Balaban J connectivity index is 1.67. The zero-order valence-corrected chi connectivity index (χ0v) is 25.7. The normalized spacial score (nSPS) is 14.6. The average molecular weight is 592 g/mol. The number of methoxy groups -OCH3 is 1. The van der Waals surface area contributed by atoms with E-state index < -0.39 is 28.5 Å². The zero-order valence-electron chi connectivity index (χ0n) is 24.9. The molecule has 0 saturated heterocycles. The van der Waals surface area contributed by atoms with Crippen molar-refractivity contribution in [1.82, 2.24) is 10.2 Å². The number of hydrogen-bond donors (Lipinski definition) is 1. The van der Waals surface area contributed by atoms with Crippen molar-refractivity contribution < 1.29 is 22.7 Å². The molecule has 0 bridgehead atoms. The number of carbonyl (C=O) groups excluding carboxylic acids is 2. The molecule has 1 atom stereocenters. The van der Waals surface area contributed by atoms with Gasteiger partial charge in [0.1, 0.15) is 18.3 Å². The molecule has 2 amide bonds. The van der Waals surface area contributed by atoms with Crippen molar-refractivity contribution in [3.05, 3.63) is 89.5 Å². The Morgan fingerprint density at radius 2 is 1.60 bits per heavy atom. The molecule has 0 aromatic heterocycles. The molecule has 3 aromatic rings. The fourth-order valence-electron chi connectivity index (χ4n) is 5.27. The molecule has 0 heterocycles. The predicted octanol–water partition coefficient (Wildman–Crippen LogP) is 5.37. The number of carbonyl (C=O) groups is 2. The summed E-state index contributed by atoms with van der Waals surface area (Å²) in [5, 5.41) is 3.13. The topological polar surface area (TPSA) is 96.0 Å². The van der Waals surface area contributed by atoms with Crippen LogP contribution in [0.2, 0.25) is 0 Å². The fourth-order valence-corrected chi connectivity index (χ4v) is 6.69. The highest BCUT2D eigenvalue weighted by Crippen LogP contribution is 2.26. The van der Waals surface area contributed by atoms with Gasteiger partial charge in [-0.1, -0.05) is 66.8 Å². The first-order chi connectivity index (χ1) is 20.1. The Morgan fingerprint density at radius 1 is 0.929 bits per heavy atom. The van der Waals surface area contributed by atoms with Crippen molar-refractivity contribution >= 4 is 27.5 Å². The number of nitrogens with zero attached hydrogens (tertiary/aromatic N) is 2. The van der Waals surface area contributed by atoms with Gasteiger partial charge < -0.3 is 15.0 Å². The van der Waals surface area contributed by atoms with E-state index >= 15 is 0 Å². The van der Waals surface area contributed by atoms with Crippen LogP contribution in [-0.2, 0) is 26.2 Å². The monoisotopic (exact) mass is 591 g/mol. The minimum absolute atomic E-state index is 0.0324. The number of aryl methyl sites for hydroxylation is 2. The third-order valence-electron chi connectivity index (χ3n) is 7.80. The van der Waals surface area contributed by atoms with E-state index in [-0.39, 0.29) is 23.4 Å². The number of ether oxygens (including phenoxy) is 1. The van der Waals surface area contributed by atoms with E-state index in [2.05, 4.69) is 5.32 Å². The van der Waals surface area contributed by atoms with Gasteiger partial charge in [-0.2, -0.15) is 0 Å². The van der Waals surface area contributed by atoms with E-state index in [1.165, 1.54) is 24.1 Å². The molecule has 42 heavy (non-hydrogen) atoms. The van der Waals surface area contributed by atoms with Crippen molar-refractivity contribution in [1.29, 1.82) is 0 Å². The molecular formula is C33H41N3O5S. The van der Waals surface area contributed by atoms with Crippen LogP contribution in [0.15, 0.2) is 77.7 Å². The highest BCUT2D eigenvalue weighted by Gasteiger charge is 2.33. The second-order valence-corrected chi connectivity index (χ2v) is 12.9. The maximum Gasteiger partial charge on any atom is 0.264 e. The highest BCUT2D eigenvalue weighted by molar-refractivity contribution is 7.92. The Morgan fingerprint density at radius 3 is 2.21 bits per heavy atom.